The first-order valence-electron chi connectivity index (χ1n) is 3.65. The molecule has 58 valence electrons. The number of nitrogens with one attached hydrogen (secondary N) is 1. The largest absolute Gasteiger partial charge is 0.391 e. The first-order chi connectivity index (χ1) is 4.66. The van der Waals surface area contributed by atoms with E-state index in [0.717, 1.165) is 6.42 Å². The zero-order valence-electron chi connectivity index (χ0n) is 6.29. The Labute approximate surface area is 60.4 Å². The summed E-state index contributed by atoms with van der Waals surface area (Å²) in [6.07, 6.45) is 0.407. The molecule has 1 amide bonds. The van der Waals surface area contributed by atoms with Gasteiger partial charge in [0.05, 0.1) is 18.1 Å². The Morgan fingerprint density at radius 2 is 2.40 bits per heavy atom. The molecule has 0 bridgehead atoms. The van der Waals surface area contributed by atoms with Crippen molar-refractivity contribution in [2.45, 2.75) is 32.4 Å². The fraction of sp³-hybridized carbons (Fsp3) is 0.857. The zero-order chi connectivity index (χ0) is 7.72. The van der Waals surface area contributed by atoms with E-state index in [1.54, 1.807) is 6.92 Å². The number of hydrogen-bond acceptors (Lipinski definition) is 2. The predicted octanol–water partition coefficient (Wildman–Crippen LogP) is -0.108. The highest BCUT2D eigenvalue weighted by atomic mass is 16.3. The van der Waals surface area contributed by atoms with Gasteiger partial charge in [-0.3, -0.25) is 4.79 Å². The molecule has 0 aromatic carbocycles. The van der Waals surface area contributed by atoms with Gasteiger partial charge in [0.2, 0.25) is 5.91 Å². The molecule has 1 heterocycles. The number of carbonyl (C=O) groups is 1. The number of rotatable bonds is 2. The van der Waals surface area contributed by atoms with Crippen LogP contribution >= 0.6 is 0 Å². The van der Waals surface area contributed by atoms with Crippen LogP contribution in [-0.2, 0) is 4.79 Å². The minimum Gasteiger partial charge on any atom is -0.391 e. The van der Waals surface area contributed by atoms with Gasteiger partial charge in [0.25, 0.3) is 0 Å². The highest BCUT2D eigenvalue weighted by Crippen LogP contribution is 2.20. The molecular formula is C7H13NO2. The summed E-state index contributed by atoms with van der Waals surface area (Å²) >= 11 is 0. The van der Waals surface area contributed by atoms with Gasteiger partial charge in [0, 0.05) is 0 Å². The molecule has 0 radical (unpaired) electrons. The van der Waals surface area contributed by atoms with Crippen LogP contribution in [-0.4, -0.2) is 23.2 Å². The zero-order valence-corrected chi connectivity index (χ0v) is 6.29. The van der Waals surface area contributed by atoms with Crippen molar-refractivity contribution in [3.8, 4) is 0 Å². The van der Waals surface area contributed by atoms with Crippen LogP contribution in [0.4, 0.5) is 0 Å². The molecule has 3 heteroatoms. The standard InChI is InChI=1S/C7H13NO2/c1-3-5-6(4(2)9)8-7(5)10/h4-6,9H,3H2,1-2H3,(H,8,10)/t4-,5+,6+/m0/s1. The molecule has 1 aliphatic rings. The average Bonchev–Trinajstić information content (AvgIpc) is 1.83. The van der Waals surface area contributed by atoms with Crippen LogP contribution in [0.2, 0.25) is 0 Å². The van der Waals surface area contributed by atoms with E-state index < -0.39 is 6.10 Å². The van der Waals surface area contributed by atoms with Gasteiger partial charge in [-0.15, -0.1) is 0 Å². The van der Waals surface area contributed by atoms with Crippen molar-refractivity contribution in [3.05, 3.63) is 0 Å². The molecule has 0 unspecified atom stereocenters. The summed E-state index contributed by atoms with van der Waals surface area (Å²) in [4.78, 5) is 10.8. The highest BCUT2D eigenvalue weighted by molar-refractivity contribution is 5.85. The maximum absolute atomic E-state index is 10.8. The Balaban J connectivity index is 2.45. The van der Waals surface area contributed by atoms with Crippen LogP contribution in [0, 0.1) is 5.92 Å². The molecule has 10 heavy (non-hydrogen) atoms. The van der Waals surface area contributed by atoms with E-state index >= 15 is 0 Å². The van der Waals surface area contributed by atoms with Crippen molar-refractivity contribution in [3.63, 3.8) is 0 Å². The van der Waals surface area contributed by atoms with E-state index in [-0.39, 0.29) is 17.9 Å². The smallest absolute Gasteiger partial charge is 0.225 e. The van der Waals surface area contributed by atoms with Crippen molar-refractivity contribution in [2.75, 3.05) is 0 Å². The van der Waals surface area contributed by atoms with Crippen molar-refractivity contribution >= 4 is 5.91 Å². The average molecular weight is 143 g/mol. The summed E-state index contributed by atoms with van der Waals surface area (Å²) in [6, 6.07) is -0.00231. The number of carbonyl (C=O) groups excluding carboxylic acids is 1. The van der Waals surface area contributed by atoms with Gasteiger partial charge in [0.1, 0.15) is 0 Å². The van der Waals surface area contributed by atoms with Crippen LogP contribution in [0.15, 0.2) is 0 Å². The third-order valence-corrected chi connectivity index (χ3v) is 2.04. The monoisotopic (exact) mass is 143 g/mol. The van der Waals surface area contributed by atoms with Gasteiger partial charge < -0.3 is 10.4 Å². The topological polar surface area (TPSA) is 49.3 Å². The Morgan fingerprint density at radius 1 is 1.80 bits per heavy atom. The molecule has 1 aliphatic heterocycles. The summed E-state index contributed by atoms with van der Waals surface area (Å²) in [5.41, 5.74) is 0. The summed E-state index contributed by atoms with van der Waals surface area (Å²) in [7, 11) is 0. The normalized spacial score (nSPS) is 34.5. The SMILES string of the molecule is CC[C@H]1C(=O)N[C@@H]1[C@H](C)O. The maximum Gasteiger partial charge on any atom is 0.225 e. The number of aliphatic hydroxyl groups is 1. The lowest BCUT2D eigenvalue weighted by atomic mass is 9.85. The van der Waals surface area contributed by atoms with Crippen molar-refractivity contribution < 1.29 is 9.90 Å². The van der Waals surface area contributed by atoms with Crippen molar-refractivity contribution in [1.29, 1.82) is 0 Å². The van der Waals surface area contributed by atoms with Gasteiger partial charge in [0.15, 0.2) is 0 Å². The molecule has 1 rings (SSSR count). The van der Waals surface area contributed by atoms with Crippen molar-refractivity contribution in [1.82, 2.24) is 5.32 Å². The quantitative estimate of drug-likeness (QED) is 0.530. The molecular weight excluding hydrogens is 130 g/mol. The lowest BCUT2D eigenvalue weighted by Crippen LogP contribution is -2.62. The lowest BCUT2D eigenvalue weighted by Gasteiger charge is -2.38. The van der Waals surface area contributed by atoms with Crippen LogP contribution < -0.4 is 5.32 Å². The van der Waals surface area contributed by atoms with Crippen LogP contribution in [0.3, 0.4) is 0 Å². The minimum atomic E-state index is -0.414. The molecule has 2 N–H and O–H groups in total. The Bertz CT molecular complexity index is 145. The highest BCUT2D eigenvalue weighted by Gasteiger charge is 2.40. The number of hydrogen-bond donors (Lipinski definition) is 2. The van der Waals surface area contributed by atoms with E-state index in [1.807, 2.05) is 6.92 Å². The van der Waals surface area contributed by atoms with Gasteiger partial charge in [-0.1, -0.05) is 6.92 Å². The molecule has 0 saturated carbocycles. The number of β-lactam (4-membered cyclic amide) rings is 1. The van der Waals surface area contributed by atoms with Crippen LogP contribution in [0.25, 0.3) is 0 Å². The minimum absolute atomic E-state index is 0.00231. The van der Waals surface area contributed by atoms with Gasteiger partial charge >= 0.3 is 0 Å². The van der Waals surface area contributed by atoms with Gasteiger partial charge in [-0.05, 0) is 13.3 Å². The van der Waals surface area contributed by atoms with Crippen LogP contribution in [0.5, 0.6) is 0 Å². The van der Waals surface area contributed by atoms with E-state index in [0.29, 0.717) is 0 Å². The van der Waals surface area contributed by atoms with E-state index in [4.69, 9.17) is 5.11 Å². The fourth-order valence-electron chi connectivity index (χ4n) is 1.33. The molecule has 0 aliphatic carbocycles. The summed E-state index contributed by atoms with van der Waals surface area (Å²) < 4.78 is 0. The molecule has 0 aromatic rings. The lowest BCUT2D eigenvalue weighted by molar-refractivity contribution is -0.138. The number of amides is 1. The maximum atomic E-state index is 10.8. The summed E-state index contributed by atoms with van der Waals surface area (Å²) in [5, 5.41) is 11.7. The van der Waals surface area contributed by atoms with Crippen LogP contribution in [0.1, 0.15) is 20.3 Å². The second-order valence-corrected chi connectivity index (χ2v) is 2.79. The fourth-order valence-corrected chi connectivity index (χ4v) is 1.33. The Morgan fingerprint density at radius 3 is 2.60 bits per heavy atom. The summed E-state index contributed by atoms with van der Waals surface area (Å²) in [6.45, 7) is 3.66. The van der Waals surface area contributed by atoms with Gasteiger partial charge in [-0.25, -0.2) is 0 Å². The summed E-state index contributed by atoms with van der Waals surface area (Å²) in [5.74, 6) is 0.119. The first-order valence-corrected chi connectivity index (χ1v) is 3.65. The van der Waals surface area contributed by atoms with E-state index in [9.17, 15) is 4.79 Å². The second kappa shape index (κ2) is 2.58. The molecule has 3 atom stereocenters. The second-order valence-electron chi connectivity index (χ2n) is 2.79. The molecule has 0 spiro atoms. The Hall–Kier alpha value is -0.570. The first kappa shape index (κ1) is 7.54. The molecule has 1 fully saturated rings. The Kier molecular flexibility index (Phi) is 1.94. The predicted molar refractivity (Wildman–Crippen MR) is 37.4 cm³/mol. The van der Waals surface area contributed by atoms with Gasteiger partial charge in [-0.2, -0.15) is 0 Å². The molecule has 1 saturated heterocycles. The molecule has 3 nitrogen and oxygen atoms in total. The third-order valence-electron chi connectivity index (χ3n) is 2.04. The van der Waals surface area contributed by atoms with E-state index in [1.165, 1.54) is 0 Å². The molecule has 0 aromatic heterocycles. The van der Waals surface area contributed by atoms with E-state index in [2.05, 4.69) is 5.32 Å². The third kappa shape index (κ3) is 1.01. The number of aliphatic hydroxyl groups excluding tert-OH is 1. The van der Waals surface area contributed by atoms with Crippen molar-refractivity contribution in [2.24, 2.45) is 5.92 Å².